The summed E-state index contributed by atoms with van der Waals surface area (Å²) in [5.41, 5.74) is 3.14. The molecule has 40 heavy (non-hydrogen) atoms. The largest absolute Gasteiger partial charge is 0.497 e. The average Bonchev–Trinajstić information content (AvgIpc) is 3.65. The quantitative estimate of drug-likeness (QED) is 0.417. The van der Waals surface area contributed by atoms with Gasteiger partial charge in [0.05, 0.1) is 50.7 Å². The van der Waals surface area contributed by atoms with Gasteiger partial charge in [-0.2, -0.15) is 0 Å². The second-order valence-corrected chi connectivity index (χ2v) is 10.3. The van der Waals surface area contributed by atoms with E-state index in [1.54, 1.807) is 27.2 Å². The van der Waals surface area contributed by atoms with Crippen LogP contribution >= 0.6 is 11.8 Å². The number of ether oxygens (including phenoxy) is 4. The molecular formula is C30H33N3O6S. The van der Waals surface area contributed by atoms with Gasteiger partial charge in [0, 0.05) is 36.0 Å². The molecule has 0 bridgehead atoms. The van der Waals surface area contributed by atoms with Crippen molar-refractivity contribution in [2.75, 3.05) is 34.0 Å². The minimum absolute atomic E-state index is 0.0473. The van der Waals surface area contributed by atoms with Gasteiger partial charge in [0.2, 0.25) is 5.91 Å². The topological polar surface area (TPSA) is 98.7 Å². The molecule has 3 heterocycles. The second-order valence-electron chi connectivity index (χ2n) is 9.47. The van der Waals surface area contributed by atoms with Crippen molar-refractivity contribution in [3.05, 3.63) is 76.3 Å². The van der Waals surface area contributed by atoms with Crippen LogP contribution in [0.1, 0.15) is 43.4 Å². The molecule has 0 spiro atoms. The molecule has 1 N–H and O–H groups in total. The second kappa shape index (κ2) is 12.6. The molecular weight excluding hydrogens is 530 g/mol. The predicted molar refractivity (Wildman–Crippen MR) is 154 cm³/mol. The van der Waals surface area contributed by atoms with Gasteiger partial charge in [0.25, 0.3) is 0 Å². The number of carbonyl (C=O) groups is 2. The van der Waals surface area contributed by atoms with Crippen molar-refractivity contribution >= 4 is 34.5 Å². The molecule has 5 rings (SSSR count). The number of nitrogens with one attached hydrogen (secondary N) is 1. The molecule has 210 valence electrons. The van der Waals surface area contributed by atoms with Gasteiger partial charge >= 0.3 is 5.97 Å². The van der Waals surface area contributed by atoms with Gasteiger partial charge in [0.15, 0.2) is 5.17 Å². The van der Waals surface area contributed by atoms with Gasteiger partial charge in [-0.25, -0.2) is 9.79 Å². The fourth-order valence-electron chi connectivity index (χ4n) is 5.09. The fourth-order valence-corrected chi connectivity index (χ4v) is 6.01. The van der Waals surface area contributed by atoms with Crippen molar-refractivity contribution in [2.45, 2.75) is 38.3 Å². The first-order chi connectivity index (χ1) is 19.5. The lowest BCUT2D eigenvalue weighted by molar-refractivity contribution is -0.139. The Morgan fingerprint density at radius 2 is 1.98 bits per heavy atom. The van der Waals surface area contributed by atoms with Crippen LogP contribution < -0.4 is 14.8 Å². The van der Waals surface area contributed by atoms with Gasteiger partial charge in [-0.1, -0.05) is 42.1 Å². The van der Waals surface area contributed by atoms with Gasteiger partial charge in [0.1, 0.15) is 11.5 Å². The van der Waals surface area contributed by atoms with Crippen LogP contribution in [-0.4, -0.2) is 62.0 Å². The molecule has 10 heteroatoms. The summed E-state index contributed by atoms with van der Waals surface area (Å²) in [5, 5.41) is 5.59. The molecule has 2 aromatic carbocycles. The highest BCUT2D eigenvalue weighted by Gasteiger charge is 2.43. The highest BCUT2D eigenvalue weighted by atomic mass is 32.2. The van der Waals surface area contributed by atoms with Crippen molar-refractivity contribution < 1.29 is 28.5 Å². The van der Waals surface area contributed by atoms with E-state index in [1.165, 1.54) is 11.8 Å². The number of fused-ring (bicyclic) bond motifs is 1. The summed E-state index contributed by atoms with van der Waals surface area (Å²) in [7, 11) is 3.17. The number of esters is 1. The molecule has 2 unspecified atom stereocenters. The maximum absolute atomic E-state index is 13.7. The number of nitrogens with zero attached hydrogens (tertiary/aromatic N) is 2. The van der Waals surface area contributed by atoms with Crippen molar-refractivity contribution in [2.24, 2.45) is 4.99 Å². The van der Waals surface area contributed by atoms with Crippen LogP contribution in [0.25, 0.3) is 5.70 Å². The summed E-state index contributed by atoms with van der Waals surface area (Å²) in [6, 6.07) is 14.4. The van der Waals surface area contributed by atoms with Gasteiger partial charge in [-0.05, 0) is 37.3 Å². The number of thioether (sulfide) groups is 1. The summed E-state index contributed by atoms with van der Waals surface area (Å²) in [5.74, 6) is 0.555. The molecule has 3 aliphatic heterocycles. The van der Waals surface area contributed by atoms with E-state index in [0.29, 0.717) is 34.5 Å². The number of amidine groups is 1. The number of methoxy groups -OCH3 is 2. The number of rotatable bonds is 10. The summed E-state index contributed by atoms with van der Waals surface area (Å²) < 4.78 is 22.5. The van der Waals surface area contributed by atoms with Crippen LogP contribution in [0.5, 0.6) is 11.5 Å². The van der Waals surface area contributed by atoms with Crippen LogP contribution in [0.2, 0.25) is 0 Å². The number of hydrogen-bond acceptors (Lipinski definition) is 9. The van der Waals surface area contributed by atoms with E-state index in [1.807, 2.05) is 52.8 Å². The Labute approximate surface area is 238 Å². The summed E-state index contributed by atoms with van der Waals surface area (Å²) >= 11 is 1.42. The first-order valence-corrected chi connectivity index (χ1v) is 14.2. The molecule has 9 nitrogen and oxygen atoms in total. The molecule has 1 fully saturated rings. The molecule has 0 radical (unpaired) electrons. The lowest BCUT2D eigenvalue weighted by Crippen LogP contribution is -2.39. The summed E-state index contributed by atoms with van der Waals surface area (Å²) in [6.45, 7) is 3.18. The first kappa shape index (κ1) is 27.8. The summed E-state index contributed by atoms with van der Waals surface area (Å²) in [6.07, 6.45) is 2.11. The number of carbonyl (C=O) groups excluding carboxylic acids is 2. The first-order valence-electron chi connectivity index (χ1n) is 13.3. The Bertz CT molecular complexity index is 1350. The zero-order valence-electron chi connectivity index (χ0n) is 22.8. The summed E-state index contributed by atoms with van der Waals surface area (Å²) in [4.78, 5) is 33.6. The third-order valence-electron chi connectivity index (χ3n) is 6.98. The monoisotopic (exact) mass is 563 g/mol. The van der Waals surface area contributed by atoms with E-state index in [2.05, 4.69) is 5.32 Å². The fraction of sp³-hybridized carbons (Fsp3) is 0.367. The molecule has 2 aromatic rings. The Morgan fingerprint density at radius 1 is 1.15 bits per heavy atom. The van der Waals surface area contributed by atoms with Crippen molar-refractivity contribution in [1.29, 1.82) is 0 Å². The third-order valence-corrected chi connectivity index (χ3v) is 7.87. The van der Waals surface area contributed by atoms with Crippen molar-refractivity contribution in [1.82, 2.24) is 10.2 Å². The lowest BCUT2D eigenvalue weighted by atomic mass is 9.90. The van der Waals surface area contributed by atoms with E-state index in [-0.39, 0.29) is 25.0 Å². The molecule has 1 saturated heterocycles. The smallest absolute Gasteiger partial charge is 0.338 e. The number of hydrogen-bond donors (Lipinski definition) is 1. The van der Waals surface area contributed by atoms with Crippen LogP contribution in [0.15, 0.2) is 70.2 Å². The van der Waals surface area contributed by atoms with Crippen molar-refractivity contribution in [3.63, 3.8) is 0 Å². The molecule has 2 atom stereocenters. The Kier molecular flexibility index (Phi) is 8.76. The average molecular weight is 564 g/mol. The van der Waals surface area contributed by atoms with Crippen LogP contribution in [-0.2, 0) is 19.1 Å². The third kappa shape index (κ3) is 5.73. The van der Waals surface area contributed by atoms with E-state index >= 15 is 0 Å². The standard InChI is InChI=1S/C30H33N3O6S/c1-4-38-29(35)26-27(19-9-6-5-7-10-19)32-30-33(28(26)23-13-12-21(36-2)16-24(23)37-3)20(18-40-30)15-25(34)31-17-22-11-8-14-39-22/h5-7,9-10,12-13,16,18,22,28H,4,8,11,14-15,17H2,1-3H3,(H,31,34). The maximum Gasteiger partial charge on any atom is 0.338 e. The zero-order chi connectivity index (χ0) is 28.1. The van der Waals surface area contributed by atoms with Crippen LogP contribution in [0, 0.1) is 0 Å². The normalized spacial score (nSPS) is 20.0. The highest BCUT2D eigenvalue weighted by Crippen LogP contribution is 2.49. The minimum Gasteiger partial charge on any atom is -0.497 e. The van der Waals surface area contributed by atoms with Crippen LogP contribution in [0.4, 0.5) is 0 Å². The molecule has 0 saturated carbocycles. The number of amides is 1. The SMILES string of the molecule is CCOC(=O)C1=C(c2ccccc2)N=C2SC=C(CC(=O)NCC3CCCO3)N2C1c1ccc(OC)cc1OC. The Morgan fingerprint density at radius 3 is 2.67 bits per heavy atom. The predicted octanol–water partition coefficient (Wildman–Crippen LogP) is 4.66. The molecule has 3 aliphatic rings. The van der Waals surface area contributed by atoms with E-state index in [9.17, 15) is 9.59 Å². The minimum atomic E-state index is -0.658. The lowest BCUT2D eigenvalue weighted by Gasteiger charge is -2.37. The zero-order valence-corrected chi connectivity index (χ0v) is 23.7. The van der Waals surface area contributed by atoms with Gasteiger partial charge < -0.3 is 29.2 Å². The Balaban J connectivity index is 1.58. The van der Waals surface area contributed by atoms with Gasteiger partial charge in [-0.3, -0.25) is 4.79 Å². The molecule has 1 amide bonds. The number of benzene rings is 2. The number of aliphatic imine (C=N–C) groups is 1. The van der Waals surface area contributed by atoms with E-state index < -0.39 is 12.0 Å². The van der Waals surface area contributed by atoms with E-state index in [4.69, 9.17) is 23.9 Å². The maximum atomic E-state index is 13.7. The Hall–Kier alpha value is -3.76. The van der Waals surface area contributed by atoms with Crippen molar-refractivity contribution in [3.8, 4) is 11.5 Å². The van der Waals surface area contributed by atoms with Gasteiger partial charge in [-0.15, -0.1) is 0 Å². The van der Waals surface area contributed by atoms with E-state index in [0.717, 1.165) is 36.3 Å². The molecule has 0 aromatic heterocycles. The molecule has 0 aliphatic carbocycles. The highest BCUT2D eigenvalue weighted by molar-refractivity contribution is 8.16. The van der Waals surface area contributed by atoms with Crippen LogP contribution in [0.3, 0.4) is 0 Å².